The number of nitrogens with zero attached hydrogens (tertiary/aromatic N) is 3. The van der Waals surface area contributed by atoms with Crippen LogP contribution in [0.15, 0.2) is 59.1 Å². The van der Waals surface area contributed by atoms with Crippen molar-refractivity contribution in [1.29, 1.82) is 0 Å². The van der Waals surface area contributed by atoms with Crippen molar-refractivity contribution < 1.29 is 8.91 Å². The minimum atomic E-state index is -0.526. The summed E-state index contributed by atoms with van der Waals surface area (Å²) in [5, 5.41) is 4.19. The van der Waals surface area contributed by atoms with Gasteiger partial charge in [0.15, 0.2) is 0 Å². The van der Waals surface area contributed by atoms with Crippen molar-refractivity contribution in [2.45, 2.75) is 20.1 Å². The molecule has 4 rings (SSSR count). The van der Waals surface area contributed by atoms with Gasteiger partial charge in [-0.25, -0.2) is 4.39 Å². The van der Waals surface area contributed by atoms with Crippen molar-refractivity contribution in [3.05, 3.63) is 70.6 Å². The number of hydrogen-bond acceptors (Lipinski definition) is 5. The van der Waals surface area contributed by atoms with Crippen molar-refractivity contribution in [1.82, 2.24) is 15.0 Å². The second-order valence-electron chi connectivity index (χ2n) is 7.20. The lowest BCUT2D eigenvalue weighted by molar-refractivity contribution is 0.401. The summed E-state index contributed by atoms with van der Waals surface area (Å²) in [6.45, 7) is 2.39. The first-order valence-corrected chi connectivity index (χ1v) is 10.2. The van der Waals surface area contributed by atoms with Gasteiger partial charge in [0.1, 0.15) is 6.67 Å². The lowest BCUT2D eigenvalue weighted by Gasteiger charge is -2.13. The second-order valence-corrected chi connectivity index (χ2v) is 8.33. The molecule has 0 saturated heterocycles. The summed E-state index contributed by atoms with van der Waals surface area (Å²) in [6, 6.07) is 17.8. The summed E-state index contributed by atoms with van der Waals surface area (Å²) in [5.74, 6) is 0.967. The zero-order chi connectivity index (χ0) is 20.4. The first-order chi connectivity index (χ1) is 14.1. The number of hydrogen-bond donors (Lipinski definition) is 0. The van der Waals surface area contributed by atoms with E-state index in [1.54, 1.807) is 0 Å². The van der Waals surface area contributed by atoms with Crippen LogP contribution in [0, 0.1) is 6.92 Å². The van der Waals surface area contributed by atoms with Crippen LogP contribution >= 0.6 is 11.3 Å². The molecule has 0 saturated carbocycles. The molecule has 2 aromatic carbocycles. The molecule has 29 heavy (non-hydrogen) atoms. The summed E-state index contributed by atoms with van der Waals surface area (Å²) in [4.78, 5) is 8.18. The van der Waals surface area contributed by atoms with Gasteiger partial charge in [0.2, 0.25) is 5.82 Å². The Morgan fingerprint density at radius 2 is 1.83 bits per heavy atom. The third kappa shape index (κ3) is 3.99. The molecule has 0 aliphatic heterocycles. The number of aromatic nitrogens is 2. The van der Waals surface area contributed by atoms with Gasteiger partial charge in [-0.1, -0.05) is 53.7 Å². The molecule has 4 nitrogen and oxygen atoms in total. The van der Waals surface area contributed by atoms with Crippen LogP contribution in [0.1, 0.15) is 16.0 Å². The topological polar surface area (TPSA) is 42.2 Å². The second kappa shape index (κ2) is 8.27. The zero-order valence-corrected chi connectivity index (χ0v) is 17.5. The molecule has 0 fully saturated rings. The van der Waals surface area contributed by atoms with Crippen molar-refractivity contribution in [3.63, 3.8) is 0 Å². The van der Waals surface area contributed by atoms with E-state index in [1.807, 2.05) is 62.6 Å². The van der Waals surface area contributed by atoms with Crippen LogP contribution in [0.25, 0.3) is 33.3 Å². The Hall–Kier alpha value is -2.83. The quantitative estimate of drug-likeness (QED) is 0.395. The van der Waals surface area contributed by atoms with E-state index in [0.717, 1.165) is 33.7 Å². The maximum absolute atomic E-state index is 13.6. The lowest BCUT2D eigenvalue weighted by Crippen LogP contribution is -2.11. The molecule has 2 aromatic heterocycles. The smallest absolute Gasteiger partial charge is 0.268 e. The highest BCUT2D eigenvalue weighted by molar-refractivity contribution is 7.15. The van der Waals surface area contributed by atoms with Gasteiger partial charge in [-0.15, -0.1) is 11.3 Å². The van der Waals surface area contributed by atoms with Crippen LogP contribution < -0.4 is 0 Å². The molecule has 0 spiro atoms. The third-order valence-corrected chi connectivity index (χ3v) is 5.91. The highest BCUT2D eigenvalue weighted by Crippen LogP contribution is 2.38. The predicted molar refractivity (Wildman–Crippen MR) is 115 cm³/mol. The van der Waals surface area contributed by atoms with Gasteiger partial charge in [0.25, 0.3) is 5.89 Å². The Morgan fingerprint density at radius 1 is 1.03 bits per heavy atom. The standard InChI is InChI=1S/C23H22FN3OS/c1-15-17(14-27(2)3)10-7-11-18(15)22-25-23(28-26-22)20-12-19(21(13-24)29-20)16-8-5-4-6-9-16/h4-12H,13-14H2,1-3H3. The molecule has 6 heteroatoms. The fourth-order valence-electron chi connectivity index (χ4n) is 3.37. The molecule has 0 N–H and O–H groups in total. The Balaban J connectivity index is 1.70. The highest BCUT2D eigenvalue weighted by Gasteiger charge is 2.18. The van der Waals surface area contributed by atoms with Crippen molar-refractivity contribution >= 4 is 11.3 Å². The van der Waals surface area contributed by atoms with Gasteiger partial charge in [-0.3, -0.25) is 0 Å². The van der Waals surface area contributed by atoms with Gasteiger partial charge >= 0.3 is 0 Å². The van der Waals surface area contributed by atoms with E-state index in [-0.39, 0.29) is 0 Å². The van der Waals surface area contributed by atoms with Gasteiger partial charge in [0, 0.05) is 17.0 Å². The van der Waals surface area contributed by atoms with Gasteiger partial charge in [-0.2, -0.15) is 4.98 Å². The Morgan fingerprint density at radius 3 is 2.55 bits per heavy atom. The van der Waals surface area contributed by atoms with Gasteiger partial charge in [0.05, 0.1) is 4.88 Å². The maximum atomic E-state index is 13.6. The molecule has 0 amide bonds. The first kappa shape index (κ1) is 19.5. The maximum Gasteiger partial charge on any atom is 0.268 e. The fraction of sp³-hybridized carbons (Fsp3) is 0.217. The molecule has 0 radical (unpaired) electrons. The lowest BCUT2D eigenvalue weighted by atomic mass is 10.0. The summed E-state index contributed by atoms with van der Waals surface area (Å²) >= 11 is 1.35. The molecule has 0 unspecified atom stereocenters. The average molecular weight is 408 g/mol. The number of halogens is 1. The predicted octanol–water partition coefficient (Wildman–Crippen LogP) is 5.97. The Labute approximate surface area is 173 Å². The van der Waals surface area contributed by atoms with E-state index in [4.69, 9.17) is 4.52 Å². The van der Waals surface area contributed by atoms with Crippen LogP contribution in [0.2, 0.25) is 0 Å². The van der Waals surface area contributed by atoms with Crippen LogP contribution in [-0.4, -0.2) is 29.1 Å². The van der Waals surface area contributed by atoms with Crippen LogP contribution in [0.4, 0.5) is 4.39 Å². The van der Waals surface area contributed by atoms with E-state index in [0.29, 0.717) is 16.6 Å². The molecular weight excluding hydrogens is 385 g/mol. The van der Waals surface area contributed by atoms with Crippen molar-refractivity contribution in [2.24, 2.45) is 0 Å². The van der Waals surface area contributed by atoms with E-state index in [2.05, 4.69) is 28.0 Å². The van der Waals surface area contributed by atoms with E-state index in [1.165, 1.54) is 16.9 Å². The molecule has 0 aliphatic carbocycles. The number of alkyl halides is 1. The largest absolute Gasteiger partial charge is 0.333 e. The molecule has 148 valence electrons. The van der Waals surface area contributed by atoms with E-state index in [9.17, 15) is 4.39 Å². The molecular formula is C23H22FN3OS. The Bertz CT molecular complexity index is 1120. The van der Waals surface area contributed by atoms with E-state index < -0.39 is 6.67 Å². The summed E-state index contributed by atoms with van der Waals surface area (Å²) in [5.41, 5.74) is 5.16. The van der Waals surface area contributed by atoms with E-state index >= 15 is 0 Å². The number of thiophene rings is 1. The van der Waals surface area contributed by atoms with Gasteiger partial charge < -0.3 is 9.42 Å². The summed E-state index contributed by atoms with van der Waals surface area (Å²) in [6.07, 6.45) is 0. The number of benzene rings is 2. The minimum absolute atomic E-state index is 0.416. The van der Waals surface area contributed by atoms with Gasteiger partial charge in [-0.05, 0) is 49.3 Å². The zero-order valence-electron chi connectivity index (χ0n) is 16.6. The highest BCUT2D eigenvalue weighted by atomic mass is 32.1. The average Bonchev–Trinajstić information content (AvgIpc) is 3.37. The summed E-state index contributed by atoms with van der Waals surface area (Å²) < 4.78 is 19.2. The van der Waals surface area contributed by atoms with Crippen molar-refractivity contribution in [3.8, 4) is 33.3 Å². The molecule has 4 aromatic rings. The van der Waals surface area contributed by atoms with Crippen molar-refractivity contribution in [2.75, 3.05) is 14.1 Å². The van der Waals surface area contributed by atoms with Crippen LogP contribution in [0.5, 0.6) is 0 Å². The SMILES string of the molecule is Cc1c(CN(C)C)cccc1-c1noc(-c2cc(-c3ccccc3)c(CF)s2)n1. The number of rotatable bonds is 6. The first-order valence-electron chi connectivity index (χ1n) is 9.38. The third-order valence-electron chi connectivity index (χ3n) is 4.83. The van der Waals surface area contributed by atoms with Crippen LogP contribution in [-0.2, 0) is 13.2 Å². The molecule has 0 atom stereocenters. The molecule has 0 bridgehead atoms. The summed E-state index contributed by atoms with van der Waals surface area (Å²) in [7, 11) is 4.09. The minimum Gasteiger partial charge on any atom is -0.333 e. The fourth-order valence-corrected chi connectivity index (χ4v) is 4.32. The normalized spacial score (nSPS) is 11.3. The van der Waals surface area contributed by atoms with Crippen LogP contribution in [0.3, 0.4) is 0 Å². The Kier molecular flexibility index (Phi) is 5.56. The molecule has 0 aliphatic rings. The molecule has 2 heterocycles. The monoisotopic (exact) mass is 407 g/mol.